The summed E-state index contributed by atoms with van der Waals surface area (Å²) in [5, 5.41) is 3.45. The van der Waals surface area contributed by atoms with Gasteiger partial charge in [-0.15, -0.1) is 0 Å². The molecular weight excluding hydrogens is 240 g/mol. The Morgan fingerprint density at radius 3 is 2.63 bits per heavy atom. The minimum Gasteiger partial charge on any atom is -0.458 e. The van der Waals surface area contributed by atoms with Crippen molar-refractivity contribution in [1.82, 2.24) is 5.32 Å². The van der Waals surface area contributed by atoms with E-state index in [2.05, 4.69) is 5.32 Å². The first kappa shape index (κ1) is 13.9. The lowest BCUT2D eigenvalue weighted by molar-refractivity contribution is 0.0337. The van der Waals surface area contributed by atoms with Gasteiger partial charge in [-0.3, -0.25) is 0 Å². The maximum atomic E-state index is 11.9. The third-order valence-electron chi connectivity index (χ3n) is 3.50. The van der Waals surface area contributed by atoms with Crippen LogP contribution in [0, 0.1) is 0 Å². The molecule has 1 aliphatic carbocycles. The van der Waals surface area contributed by atoms with Crippen LogP contribution in [0.3, 0.4) is 0 Å². The number of hydrogen-bond acceptors (Lipinski definition) is 4. The van der Waals surface area contributed by atoms with Crippen LogP contribution in [0.1, 0.15) is 43.0 Å². The topological polar surface area (TPSA) is 64.3 Å². The summed E-state index contributed by atoms with van der Waals surface area (Å²) in [5.41, 5.74) is 6.77. The van der Waals surface area contributed by atoms with Crippen molar-refractivity contribution < 1.29 is 9.53 Å². The van der Waals surface area contributed by atoms with Crippen molar-refractivity contribution in [2.75, 3.05) is 12.3 Å². The molecule has 0 heterocycles. The van der Waals surface area contributed by atoms with Crippen LogP contribution >= 0.6 is 0 Å². The van der Waals surface area contributed by atoms with E-state index in [1.807, 2.05) is 6.92 Å². The van der Waals surface area contributed by atoms with Gasteiger partial charge in [-0.05, 0) is 44.0 Å². The Hall–Kier alpha value is -1.55. The van der Waals surface area contributed by atoms with Crippen molar-refractivity contribution in [3.63, 3.8) is 0 Å². The van der Waals surface area contributed by atoms with Gasteiger partial charge in [-0.1, -0.05) is 12.8 Å². The molecule has 1 saturated carbocycles. The van der Waals surface area contributed by atoms with Crippen LogP contribution in [0.2, 0.25) is 0 Å². The third kappa shape index (κ3) is 4.24. The van der Waals surface area contributed by atoms with E-state index in [9.17, 15) is 4.79 Å². The summed E-state index contributed by atoms with van der Waals surface area (Å²) in [6.07, 6.45) is 4.96. The first-order valence-electron chi connectivity index (χ1n) is 6.95. The maximum Gasteiger partial charge on any atom is 0.338 e. The molecule has 1 aliphatic rings. The monoisotopic (exact) mass is 262 g/mol. The first-order valence-corrected chi connectivity index (χ1v) is 6.95. The molecule has 0 saturated heterocycles. The summed E-state index contributed by atoms with van der Waals surface area (Å²) >= 11 is 0. The van der Waals surface area contributed by atoms with E-state index in [0.29, 0.717) is 23.8 Å². The molecule has 0 aliphatic heterocycles. The number of anilines is 1. The second-order valence-electron chi connectivity index (χ2n) is 5.23. The Morgan fingerprint density at radius 2 is 2.00 bits per heavy atom. The zero-order valence-electron chi connectivity index (χ0n) is 11.4. The normalized spacial score (nSPS) is 17.3. The number of nitrogens with two attached hydrogens (primary N) is 1. The smallest absolute Gasteiger partial charge is 0.338 e. The molecule has 3 N–H and O–H groups in total. The van der Waals surface area contributed by atoms with Gasteiger partial charge in [0, 0.05) is 18.3 Å². The fraction of sp³-hybridized carbons (Fsp3) is 0.533. The standard InChI is InChI=1S/C15H22N2O2/c1-11(10-17-14-4-2-3-5-14)19-15(18)12-6-8-13(16)9-7-12/h6-9,11,14,17H,2-5,10,16H2,1H3/t11-/m0/s1. The minimum absolute atomic E-state index is 0.120. The first-order chi connectivity index (χ1) is 9.15. The Kier molecular flexibility index (Phi) is 4.80. The van der Waals surface area contributed by atoms with E-state index >= 15 is 0 Å². The second kappa shape index (κ2) is 6.57. The molecule has 0 bridgehead atoms. The molecule has 19 heavy (non-hydrogen) atoms. The number of hydrogen-bond donors (Lipinski definition) is 2. The Balaban J connectivity index is 1.76. The van der Waals surface area contributed by atoms with Crippen molar-refractivity contribution in [2.45, 2.75) is 44.8 Å². The zero-order chi connectivity index (χ0) is 13.7. The molecule has 2 rings (SSSR count). The molecule has 104 valence electrons. The molecule has 0 amide bonds. The lowest BCUT2D eigenvalue weighted by Crippen LogP contribution is -2.34. The van der Waals surface area contributed by atoms with Crippen LogP contribution in [0.25, 0.3) is 0 Å². The number of esters is 1. The molecular formula is C15H22N2O2. The molecule has 4 nitrogen and oxygen atoms in total. The average Bonchev–Trinajstić information content (AvgIpc) is 2.90. The SMILES string of the molecule is C[C@@H](CNC1CCCC1)OC(=O)c1ccc(N)cc1. The van der Waals surface area contributed by atoms with Gasteiger partial charge in [0.2, 0.25) is 0 Å². The number of nitrogen functional groups attached to an aromatic ring is 1. The van der Waals surface area contributed by atoms with Crippen LogP contribution in [0.15, 0.2) is 24.3 Å². The molecule has 1 atom stereocenters. The van der Waals surface area contributed by atoms with Gasteiger partial charge in [0.25, 0.3) is 0 Å². The molecule has 0 unspecified atom stereocenters. The quantitative estimate of drug-likeness (QED) is 0.631. The van der Waals surface area contributed by atoms with Crippen LogP contribution in [0.5, 0.6) is 0 Å². The third-order valence-corrected chi connectivity index (χ3v) is 3.50. The number of rotatable bonds is 5. The molecule has 0 spiro atoms. The fourth-order valence-corrected chi connectivity index (χ4v) is 2.37. The summed E-state index contributed by atoms with van der Waals surface area (Å²) in [5.74, 6) is -0.291. The largest absolute Gasteiger partial charge is 0.458 e. The predicted molar refractivity (Wildman–Crippen MR) is 76.0 cm³/mol. The van der Waals surface area contributed by atoms with Crippen molar-refractivity contribution in [1.29, 1.82) is 0 Å². The maximum absolute atomic E-state index is 11.9. The summed E-state index contributed by atoms with van der Waals surface area (Å²) < 4.78 is 5.39. The number of carbonyl (C=O) groups excluding carboxylic acids is 1. The molecule has 1 aromatic carbocycles. The van der Waals surface area contributed by atoms with Crippen LogP contribution in [-0.4, -0.2) is 24.7 Å². The van der Waals surface area contributed by atoms with Crippen molar-refractivity contribution >= 4 is 11.7 Å². The van der Waals surface area contributed by atoms with Gasteiger partial charge in [0.15, 0.2) is 0 Å². The minimum atomic E-state index is -0.291. The van der Waals surface area contributed by atoms with Gasteiger partial charge in [0.05, 0.1) is 5.56 Å². The highest BCUT2D eigenvalue weighted by Gasteiger charge is 2.17. The highest BCUT2D eigenvalue weighted by atomic mass is 16.5. The summed E-state index contributed by atoms with van der Waals surface area (Å²) in [4.78, 5) is 11.9. The Morgan fingerprint density at radius 1 is 1.37 bits per heavy atom. The highest BCUT2D eigenvalue weighted by molar-refractivity contribution is 5.89. The predicted octanol–water partition coefficient (Wildman–Crippen LogP) is 2.35. The fourth-order valence-electron chi connectivity index (χ4n) is 2.37. The lowest BCUT2D eigenvalue weighted by Gasteiger charge is -2.17. The van der Waals surface area contributed by atoms with Gasteiger partial charge in [0.1, 0.15) is 6.10 Å². The van der Waals surface area contributed by atoms with Gasteiger partial charge >= 0.3 is 5.97 Å². The highest BCUT2D eigenvalue weighted by Crippen LogP contribution is 2.17. The number of nitrogens with one attached hydrogen (secondary N) is 1. The number of carbonyl (C=O) groups is 1. The molecule has 1 aromatic rings. The lowest BCUT2D eigenvalue weighted by atomic mass is 10.2. The zero-order valence-corrected chi connectivity index (χ0v) is 11.4. The van der Waals surface area contributed by atoms with Crippen molar-refractivity contribution in [3.8, 4) is 0 Å². The number of ether oxygens (including phenoxy) is 1. The van der Waals surface area contributed by atoms with Gasteiger partial charge in [-0.2, -0.15) is 0 Å². The average molecular weight is 262 g/mol. The van der Waals surface area contributed by atoms with Crippen LogP contribution in [-0.2, 0) is 4.74 Å². The van der Waals surface area contributed by atoms with E-state index < -0.39 is 0 Å². The molecule has 4 heteroatoms. The van der Waals surface area contributed by atoms with E-state index in [4.69, 9.17) is 10.5 Å². The Bertz CT molecular complexity index is 411. The van der Waals surface area contributed by atoms with Gasteiger partial charge in [-0.25, -0.2) is 4.79 Å². The summed E-state index contributed by atoms with van der Waals surface area (Å²) in [6, 6.07) is 7.39. The van der Waals surface area contributed by atoms with E-state index in [0.717, 1.165) is 0 Å². The second-order valence-corrected chi connectivity index (χ2v) is 5.23. The number of benzene rings is 1. The molecule has 0 radical (unpaired) electrons. The summed E-state index contributed by atoms with van der Waals surface area (Å²) in [6.45, 7) is 2.63. The van der Waals surface area contributed by atoms with Crippen LogP contribution in [0.4, 0.5) is 5.69 Å². The van der Waals surface area contributed by atoms with E-state index in [1.165, 1.54) is 25.7 Å². The van der Waals surface area contributed by atoms with E-state index in [1.54, 1.807) is 24.3 Å². The van der Waals surface area contributed by atoms with Gasteiger partial charge < -0.3 is 15.8 Å². The molecule has 1 fully saturated rings. The molecule has 0 aromatic heterocycles. The summed E-state index contributed by atoms with van der Waals surface area (Å²) in [7, 11) is 0. The van der Waals surface area contributed by atoms with E-state index in [-0.39, 0.29) is 12.1 Å². The van der Waals surface area contributed by atoms with Crippen LogP contribution < -0.4 is 11.1 Å². The van der Waals surface area contributed by atoms with Crippen molar-refractivity contribution in [2.24, 2.45) is 0 Å². The van der Waals surface area contributed by atoms with Crippen molar-refractivity contribution in [3.05, 3.63) is 29.8 Å². The Labute approximate surface area is 114 Å².